The van der Waals surface area contributed by atoms with Crippen molar-refractivity contribution in [1.82, 2.24) is 0 Å². The number of ether oxygens (including phenoxy) is 2. The third-order valence-electron chi connectivity index (χ3n) is 5.18. The molecular formula is C24H30N2O4. The number of hydrogen-bond acceptors (Lipinski definition) is 4. The highest BCUT2D eigenvalue weighted by Crippen LogP contribution is 2.38. The van der Waals surface area contributed by atoms with Crippen molar-refractivity contribution in [2.24, 2.45) is 11.3 Å². The first-order chi connectivity index (χ1) is 14.2. The molecule has 6 heteroatoms. The molecular weight excluding hydrogens is 380 g/mol. The van der Waals surface area contributed by atoms with E-state index in [-0.39, 0.29) is 18.4 Å². The van der Waals surface area contributed by atoms with Gasteiger partial charge in [-0.2, -0.15) is 0 Å². The molecule has 0 saturated heterocycles. The van der Waals surface area contributed by atoms with Crippen LogP contribution >= 0.6 is 0 Å². The minimum atomic E-state index is -0.625. The fraction of sp³-hybridized carbons (Fsp3) is 0.417. The van der Waals surface area contributed by atoms with Crippen LogP contribution in [0.25, 0.3) is 0 Å². The van der Waals surface area contributed by atoms with Gasteiger partial charge in [-0.1, -0.05) is 19.9 Å². The van der Waals surface area contributed by atoms with Gasteiger partial charge in [-0.05, 0) is 56.5 Å². The van der Waals surface area contributed by atoms with E-state index < -0.39 is 5.41 Å². The van der Waals surface area contributed by atoms with Crippen LogP contribution in [0.2, 0.25) is 0 Å². The number of carbonyl (C=O) groups excluding carboxylic acids is 2. The second-order valence-electron chi connectivity index (χ2n) is 8.68. The lowest BCUT2D eigenvalue weighted by Crippen LogP contribution is -2.42. The molecule has 0 radical (unpaired) electrons. The van der Waals surface area contributed by atoms with Gasteiger partial charge in [-0.15, -0.1) is 0 Å². The maximum atomic E-state index is 13.1. The van der Waals surface area contributed by atoms with Crippen molar-refractivity contribution < 1.29 is 19.1 Å². The molecule has 0 bridgehead atoms. The van der Waals surface area contributed by atoms with E-state index in [1.54, 1.807) is 43.5 Å². The first kappa shape index (κ1) is 21.7. The highest BCUT2D eigenvalue weighted by atomic mass is 16.5. The minimum Gasteiger partial charge on any atom is -0.497 e. The summed E-state index contributed by atoms with van der Waals surface area (Å²) < 4.78 is 11.2. The molecule has 0 fully saturated rings. The zero-order chi connectivity index (χ0) is 21.9. The van der Waals surface area contributed by atoms with Crippen molar-refractivity contribution in [3.63, 3.8) is 0 Å². The van der Waals surface area contributed by atoms with E-state index in [4.69, 9.17) is 9.47 Å². The Hall–Kier alpha value is -3.02. The molecule has 1 N–H and O–H groups in total. The van der Waals surface area contributed by atoms with Gasteiger partial charge in [0.05, 0.1) is 18.2 Å². The van der Waals surface area contributed by atoms with Crippen LogP contribution in [-0.4, -0.2) is 32.1 Å². The molecule has 1 heterocycles. The number of methoxy groups -OCH3 is 1. The van der Waals surface area contributed by atoms with E-state index in [9.17, 15) is 9.59 Å². The van der Waals surface area contributed by atoms with Crippen molar-refractivity contribution in [2.75, 3.05) is 30.5 Å². The summed E-state index contributed by atoms with van der Waals surface area (Å²) in [6.45, 7) is 8.99. The van der Waals surface area contributed by atoms with Crippen molar-refractivity contribution in [2.45, 2.75) is 34.1 Å². The number of fused-ring (bicyclic) bond motifs is 1. The van der Waals surface area contributed by atoms with Gasteiger partial charge in [0.15, 0.2) is 0 Å². The number of nitrogens with zero attached hydrogens (tertiary/aromatic N) is 1. The first-order valence-corrected chi connectivity index (χ1v) is 10.3. The standard InChI is InChI=1S/C24H30N2O4/c1-16(2)11-12-26-20-10-9-18(14-21(20)30-15-24(3,4)23(26)28)25-22(27)17-7-6-8-19(13-17)29-5/h6-10,13-14,16H,11-12,15H2,1-5H3,(H,25,27). The van der Waals surface area contributed by atoms with Crippen LogP contribution in [0.3, 0.4) is 0 Å². The second-order valence-corrected chi connectivity index (χ2v) is 8.68. The summed E-state index contributed by atoms with van der Waals surface area (Å²) in [5.41, 5.74) is 1.23. The summed E-state index contributed by atoms with van der Waals surface area (Å²) in [6, 6.07) is 12.4. The highest BCUT2D eigenvalue weighted by Gasteiger charge is 2.37. The van der Waals surface area contributed by atoms with Gasteiger partial charge in [0, 0.05) is 23.9 Å². The van der Waals surface area contributed by atoms with Crippen molar-refractivity contribution in [3.05, 3.63) is 48.0 Å². The van der Waals surface area contributed by atoms with Crippen LogP contribution in [0.1, 0.15) is 44.5 Å². The summed E-state index contributed by atoms with van der Waals surface area (Å²) in [4.78, 5) is 27.6. The average molecular weight is 411 g/mol. The lowest BCUT2D eigenvalue weighted by atomic mass is 9.92. The monoisotopic (exact) mass is 410 g/mol. The molecule has 1 aliphatic heterocycles. The Morgan fingerprint density at radius 3 is 2.70 bits per heavy atom. The molecule has 6 nitrogen and oxygen atoms in total. The van der Waals surface area contributed by atoms with Crippen LogP contribution in [0.5, 0.6) is 11.5 Å². The largest absolute Gasteiger partial charge is 0.497 e. The lowest BCUT2D eigenvalue weighted by Gasteiger charge is -2.28. The Bertz CT molecular complexity index is 937. The fourth-order valence-electron chi connectivity index (χ4n) is 3.30. The Balaban J connectivity index is 1.87. The summed E-state index contributed by atoms with van der Waals surface area (Å²) in [7, 11) is 1.56. The molecule has 0 saturated carbocycles. The van der Waals surface area contributed by atoms with Gasteiger partial charge in [-0.3, -0.25) is 9.59 Å². The molecule has 0 spiro atoms. The number of benzene rings is 2. The number of rotatable bonds is 6. The van der Waals surface area contributed by atoms with Gasteiger partial charge in [0.1, 0.15) is 18.1 Å². The average Bonchev–Trinajstić information content (AvgIpc) is 2.81. The molecule has 2 amide bonds. The molecule has 0 aliphatic carbocycles. The van der Waals surface area contributed by atoms with Crippen LogP contribution in [0.4, 0.5) is 11.4 Å². The zero-order valence-electron chi connectivity index (χ0n) is 18.3. The molecule has 2 aromatic rings. The van der Waals surface area contributed by atoms with Crippen molar-refractivity contribution >= 4 is 23.2 Å². The van der Waals surface area contributed by atoms with E-state index in [1.165, 1.54) is 0 Å². The van der Waals surface area contributed by atoms with Gasteiger partial charge in [-0.25, -0.2) is 0 Å². The van der Waals surface area contributed by atoms with Crippen molar-refractivity contribution in [1.29, 1.82) is 0 Å². The summed E-state index contributed by atoms with van der Waals surface area (Å²) in [5, 5.41) is 2.90. The Morgan fingerprint density at radius 2 is 2.00 bits per heavy atom. The maximum absolute atomic E-state index is 13.1. The predicted molar refractivity (Wildman–Crippen MR) is 118 cm³/mol. The van der Waals surface area contributed by atoms with E-state index in [2.05, 4.69) is 19.2 Å². The quantitative estimate of drug-likeness (QED) is 0.747. The molecule has 160 valence electrons. The Labute approximate surface area is 178 Å². The van der Waals surface area contributed by atoms with Crippen LogP contribution < -0.4 is 19.7 Å². The third kappa shape index (κ3) is 4.75. The van der Waals surface area contributed by atoms with E-state index >= 15 is 0 Å². The van der Waals surface area contributed by atoms with Gasteiger partial charge < -0.3 is 19.7 Å². The summed E-state index contributed by atoms with van der Waals surface area (Å²) >= 11 is 0. The summed E-state index contributed by atoms with van der Waals surface area (Å²) in [6.07, 6.45) is 0.898. The Kier molecular flexibility index (Phi) is 6.34. The smallest absolute Gasteiger partial charge is 0.255 e. The zero-order valence-corrected chi connectivity index (χ0v) is 18.3. The molecule has 0 aromatic heterocycles. The molecule has 0 atom stereocenters. The molecule has 1 aliphatic rings. The normalized spacial score (nSPS) is 15.3. The second kappa shape index (κ2) is 8.78. The van der Waals surface area contributed by atoms with Crippen LogP contribution in [0.15, 0.2) is 42.5 Å². The van der Waals surface area contributed by atoms with Gasteiger partial charge in [0.25, 0.3) is 5.91 Å². The molecule has 2 aromatic carbocycles. The number of amides is 2. The van der Waals surface area contributed by atoms with E-state index in [0.717, 1.165) is 12.1 Å². The molecule has 3 rings (SSSR count). The predicted octanol–water partition coefficient (Wildman–Crippen LogP) is 4.75. The fourth-order valence-corrected chi connectivity index (χ4v) is 3.30. The van der Waals surface area contributed by atoms with Crippen LogP contribution in [0, 0.1) is 11.3 Å². The lowest BCUT2D eigenvalue weighted by molar-refractivity contribution is -0.127. The topological polar surface area (TPSA) is 67.9 Å². The number of carbonyl (C=O) groups is 2. The van der Waals surface area contributed by atoms with Gasteiger partial charge in [0.2, 0.25) is 5.91 Å². The number of nitrogens with one attached hydrogen (secondary N) is 1. The van der Waals surface area contributed by atoms with E-state index in [0.29, 0.717) is 35.2 Å². The molecule has 0 unspecified atom stereocenters. The SMILES string of the molecule is COc1cccc(C(=O)Nc2ccc3c(c2)OCC(C)(C)C(=O)N3CCC(C)C)c1. The highest BCUT2D eigenvalue weighted by molar-refractivity contribution is 6.05. The molecule has 30 heavy (non-hydrogen) atoms. The third-order valence-corrected chi connectivity index (χ3v) is 5.18. The van der Waals surface area contributed by atoms with Gasteiger partial charge >= 0.3 is 0 Å². The Morgan fingerprint density at radius 1 is 1.23 bits per heavy atom. The first-order valence-electron chi connectivity index (χ1n) is 10.3. The van der Waals surface area contributed by atoms with Crippen molar-refractivity contribution in [3.8, 4) is 11.5 Å². The number of hydrogen-bond donors (Lipinski definition) is 1. The van der Waals surface area contributed by atoms with E-state index in [1.807, 2.05) is 24.8 Å². The summed E-state index contributed by atoms with van der Waals surface area (Å²) in [5.74, 6) is 1.51. The minimum absolute atomic E-state index is 0.0510. The van der Waals surface area contributed by atoms with Crippen LogP contribution in [-0.2, 0) is 4.79 Å². The maximum Gasteiger partial charge on any atom is 0.255 e. The number of anilines is 2.